The van der Waals surface area contributed by atoms with E-state index < -0.39 is 0 Å². The van der Waals surface area contributed by atoms with Gasteiger partial charge in [0, 0.05) is 5.02 Å². The van der Waals surface area contributed by atoms with Gasteiger partial charge >= 0.3 is 0 Å². The number of hydrogen-bond acceptors (Lipinski definition) is 4. The Hall–Kier alpha value is -2.40. The van der Waals surface area contributed by atoms with Crippen LogP contribution in [0.5, 0.6) is 17.2 Å². The lowest BCUT2D eigenvalue weighted by atomic mass is 10.2. The van der Waals surface area contributed by atoms with Crippen LogP contribution in [0.3, 0.4) is 0 Å². The first-order valence-corrected chi connectivity index (χ1v) is 8.04. The second kappa shape index (κ2) is 7.45. The monoisotopic (exact) mass is 347 g/mol. The number of ether oxygens (including phenoxy) is 3. The predicted octanol–water partition coefficient (Wildman–Crippen LogP) is 2.98. The van der Waals surface area contributed by atoms with E-state index in [-0.39, 0.29) is 18.6 Å². The van der Waals surface area contributed by atoms with E-state index >= 15 is 0 Å². The molecule has 1 unspecified atom stereocenters. The third-order valence-electron chi connectivity index (χ3n) is 3.59. The van der Waals surface area contributed by atoms with Crippen LogP contribution in [0.15, 0.2) is 42.5 Å². The molecule has 0 aliphatic carbocycles. The molecular weight excluding hydrogens is 330 g/mol. The molecule has 0 fully saturated rings. The van der Waals surface area contributed by atoms with Gasteiger partial charge in [-0.3, -0.25) is 4.79 Å². The molecule has 1 amide bonds. The highest BCUT2D eigenvalue weighted by Crippen LogP contribution is 2.30. The number of fused-ring (bicyclic) bond motifs is 1. The normalized spacial score (nSPS) is 15.7. The lowest BCUT2D eigenvalue weighted by Crippen LogP contribution is -2.42. The molecule has 0 spiro atoms. The highest BCUT2D eigenvalue weighted by atomic mass is 35.5. The van der Waals surface area contributed by atoms with E-state index in [1.54, 1.807) is 18.2 Å². The molecule has 5 nitrogen and oxygen atoms in total. The number of para-hydroxylation sites is 2. The van der Waals surface area contributed by atoms with Gasteiger partial charge in [-0.15, -0.1) is 0 Å². The van der Waals surface area contributed by atoms with Gasteiger partial charge in [-0.25, -0.2) is 0 Å². The summed E-state index contributed by atoms with van der Waals surface area (Å²) in [6.07, 6.45) is -0.221. The molecule has 0 radical (unpaired) electrons. The molecular formula is C18H18ClNO4. The van der Waals surface area contributed by atoms with Gasteiger partial charge in [0.05, 0.1) is 6.54 Å². The molecule has 126 valence electrons. The van der Waals surface area contributed by atoms with Crippen molar-refractivity contribution in [2.24, 2.45) is 0 Å². The maximum atomic E-state index is 11.9. The smallest absolute Gasteiger partial charge is 0.258 e. The van der Waals surface area contributed by atoms with Crippen LogP contribution in [0.25, 0.3) is 0 Å². The van der Waals surface area contributed by atoms with Crippen molar-refractivity contribution in [2.75, 3.05) is 19.8 Å². The Morgan fingerprint density at radius 2 is 2.08 bits per heavy atom. The predicted molar refractivity (Wildman–Crippen MR) is 91.0 cm³/mol. The SMILES string of the molecule is Cc1cc(Cl)ccc1OCC(=O)NCC1COc2ccccc2O1. The van der Waals surface area contributed by atoms with Gasteiger partial charge in [0.1, 0.15) is 18.5 Å². The zero-order valence-corrected chi connectivity index (χ0v) is 14.0. The summed E-state index contributed by atoms with van der Waals surface area (Å²) in [6, 6.07) is 12.7. The summed E-state index contributed by atoms with van der Waals surface area (Å²) in [5.74, 6) is 1.84. The summed E-state index contributed by atoms with van der Waals surface area (Å²) in [5.41, 5.74) is 0.885. The Balaban J connectivity index is 1.45. The standard InChI is InChI=1S/C18H18ClNO4/c1-12-8-13(19)6-7-15(12)23-11-18(21)20-9-14-10-22-16-4-2-3-5-17(16)24-14/h2-8,14H,9-11H2,1H3,(H,20,21). The van der Waals surface area contributed by atoms with Crippen molar-refractivity contribution in [3.05, 3.63) is 53.1 Å². The number of halogens is 1. The summed E-state index contributed by atoms with van der Waals surface area (Å²) >= 11 is 5.89. The lowest BCUT2D eigenvalue weighted by Gasteiger charge is -2.26. The largest absolute Gasteiger partial charge is 0.486 e. The van der Waals surface area contributed by atoms with E-state index in [2.05, 4.69) is 5.32 Å². The van der Waals surface area contributed by atoms with E-state index in [1.165, 1.54) is 0 Å². The summed E-state index contributed by atoms with van der Waals surface area (Å²) in [5, 5.41) is 3.43. The van der Waals surface area contributed by atoms with Crippen molar-refractivity contribution in [3.8, 4) is 17.2 Å². The molecule has 3 rings (SSSR count). The number of nitrogens with one attached hydrogen (secondary N) is 1. The fraction of sp³-hybridized carbons (Fsp3) is 0.278. The lowest BCUT2D eigenvalue weighted by molar-refractivity contribution is -0.123. The molecule has 1 atom stereocenters. The number of hydrogen-bond donors (Lipinski definition) is 1. The summed E-state index contributed by atoms with van der Waals surface area (Å²) in [7, 11) is 0. The number of rotatable bonds is 5. The highest BCUT2D eigenvalue weighted by molar-refractivity contribution is 6.30. The van der Waals surface area contributed by atoms with E-state index in [0.29, 0.717) is 29.7 Å². The van der Waals surface area contributed by atoms with Crippen LogP contribution in [0.4, 0.5) is 0 Å². The average molecular weight is 348 g/mol. The van der Waals surface area contributed by atoms with Crippen molar-refractivity contribution >= 4 is 17.5 Å². The summed E-state index contributed by atoms with van der Waals surface area (Å²) < 4.78 is 16.9. The van der Waals surface area contributed by atoms with Crippen molar-refractivity contribution in [2.45, 2.75) is 13.0 Å². The number of carbonyl (C=O) groups excluding carboxylic acids is 1. The quantitative estimate of drug-likeness (QED) is 0.903. The van der Waals surface area contributed by atoms with Crippen LogP contribution >= 0.6 is 11.6 Å². The summed E-state index contributed by atoms with van der Waals surface area (Å²) in [6.45, 7) is 2.57. The number of benzene rings is 2. The van der Waals surface area contributed by atoms with Gasteiger partial charge in [-0.05, 0) is 42.8 Å². The second-order valence-electron chi connectivity index (χ2n) is 5.50. The first kappa shape index (κ1) is 16.5. The third-order valence-corrected chi connectivity index (χ3v) is 3.83. The number of carbonyl (C=O) groups is 1. The average Bonchev–Trinajstić information content (AvgIpc) is 2.59. The molecule has 2 aromatic carbocycles. The zero-order chi connectivity index (χ0) is 16.9. The minimum atomic E-state index is -0.221. The molecule has 1 aliphatic heterocycles. The molecule has 1 heterocycles. The highest BCUT2D eigenvalue weighted by Gasteiger charge is 2.21. The molecule has 1 aliphatic rings. The Labute approximate surface area is 145 Å². The molecule has 0 saturated carbocycles. The van der Waals surface area contributed by atoms with E-state index in [1.807, 2.05) is 31.2 Å². The molecule has 2 aromatic rings. The third kappa shape index (κ3) is 4.11. The maximum absolute atomic E-state index is 11.9. The van der Waals surface area contributed by atoms with Crippen molar-refractivity contribution < 1.29 is 19.0 Å². The Kier molecular flexibility index (Phi) is 5.11. The molecule has 1 N–H and O–H groups in total. The van der Waals surface area contributed by atoms with Crippen LogP contribution < -0.4 is 19.5 Å². The van der Waals surface area contributed by atoms with Crippen LogP contribution in [0, 0.1) is 6.92 Å². The Morgan fingerprint density at radius 1 is 1.29 bits per heavy atom. The first-order valence-electron chi connectivity index (χ1n) is 7.66. The number of aryl methyl sites for hydroxylation is 1. The van der Waals surface area contributed by atoms with Gasteiger partial charge in [0.15, 0.2) is 18.1 Å². The van der Waals surface area contributed by atoms with Gasteiger partial charge < -0.3 is 19.5 Å². The minimum absolute atomic E-state index is 0.0629. The fourth-order valence-corrected chi connectivity index (χ4v) is 2.59. The molecule has 0 aromatic heterocycles. The van der Waals surface area contributed by atoms with Gasteiger partial charge in [0.25, 0.3) is 5.91 Å². The van der Waals surface area contributed by atoms with Gasteiger partial charge in [-0.1, -0.05) is 23.7 Å². The topological polar surface area (TPSA) is 56.8 Å². The van der Waals surface area contributed by atoms with Crippen molar-refractivity contribution in [1.29, 1.82) is 0 Å². The van der Waals surface area contributed by atoms with E-state index in [0.717, 1.165) is 11.3 Å². The van der Waals surface area contributed by atoms with E-state index in [9.17, 15) is 4.79 Å². The Morgan fingerprint density at radius 3 is 2.88 bits per heavy atom. The first-order chi connectivity index (χ1) is 11.6. The minimum Gasteiger partial charge on any atom is -0.486 e. The van der Waals surface area contributed by atoms with Crippen LogP contribution in [0.1, 0.15) is 5.56 Å². The van der Waals surface area contributed by atoms with Crippen molar-refractivity contribution in [3.63, 3.8) is 0 Å². The van der Waals surface area contributed by atoms with E-state index in [4.69, 9.17) is 25.8 Å². The van der Waals surface area contributed by atoms with Crippen molar-refractivity contribution in [1.82, 2.24) is 5.32 Å². The summed E-state index contributed by atoms with van der Waals surface area (Å²) in [4.78, 5) is 11.9. The molecule has 0 saturated heterocycles. The van der Waals surface area contributed by atoms with Gasteiger partial charge in [0.2, 0.25) is 0 Å². The molecule has 0 bridgehead atoms. The van der Waals surface area contributed by atoms with Crippen LogP contribution in [-0.2, 0) is 4.79 Å². The molecule has 24 heavy (non-hydrogen) atoms. The second-order valence-corrected chi connectivity index (χ2v) is 5.94. The fourth-order valence-electron chi connectivity index (χ4n) is 2.36. The van der Waals surface area contributed by atoms with Gasteiger partial charge in [-0.2, -0.15) is 0 Å². The molecule has 6 heteroatoms. The Bertz CT molecular complexity index is 735. The zero-order valence-electron chi connectivity index (χ0n) is 13.3. The van der Waals surface area contributed by atoms with Crippen LogP contribution in [0.2, 0.25) is 5.02 Å². The number of amides is 1. The van der Waals surface area contributed by atoms with Crippen LogP contribution in [-0.4, -0.2) is 31.8 Å². The maximum Gasteiger partial charge on any atom is 0.258 e.